The Balaban J connectivity index is 1.70. The van der Waals surface area contributed by atoms with E-state index in [0.717, 1.165) is 16.9 Å². The van der Waals surface area contributed by atoms with Crippen molar-refractivity contribution in [3.63, 3.8) is 0 Å². The van der Waals surface area contributed by atoms with Crippen LogP contribution < -0.4 is 10.1 Å². The van der Waals surface area contributed by atoms with Crippen LogP contribution in [0.1, 0.15) is 17.5 Å². The molecule has 0 atom stereocenters. The zero-order valence-electron chi connectivity index (χ0n) is 11.7. The van der Waals surface area contributed by atoms with Gasteiger partial charge in [-0.15, -0.1) is 11.6 Å². The lowest BCUT2D eigenvalue weighted by atomic mass is 10.1. The molecule has 0 heterocycles. The van der Waals surface area contributed by atoms with Gasteiger partial charge in [0.25, 0.3) is 0 Å². The zero-order chi connectivity index (χ0) is 14.9. The summed E-state index contributed by atoms with van der Waals surface area (Å²) in [7, 11) is 0. The minimum absolute atomic E-state index is 0.0257. The Kier molecular flexibility index (Phi) is 6.10. The summed E-state index contributed by atoms with van der Waals surface area (Å²) in [6.45, 7) is 0.881. The van der Waals surface area contributed by atoms with E-state index < -0.39 is 0 Å². The number of rotatable bonds is 7. The molecule has 0 saturated heterocycles. The van der Waals surface area contributed by atoms with Gasteiger partial charge in [0.05, 0.1) is 13.0 Å². The second-order valence-electron chi connectivity index (χ2n) is 4.64. The van der Waals surface area contributed by atoms with Crippen molar-refractivity contribution < 1.29 is 9.53 Å². The van der Waals surface area contributed by atoms with E-state index in [2.05, 4.69) is 5.32 Å². The number of para-hydroxylation sites is 1. The molecule has 1 N–H and O–H groups in total. The third-order valence-corrected chi connectivity index (χ3v) is 3.29. The van der Waals surface area contributed by atoms with Gasteiger partial charge in [0.15, 0.2) is 0 Å². The summed E-state index contributed by atoms with van der Waals surface area (Å²) in [5.41, 5.74) is 2.10. The van der Waals surface area contributed by atoms with Crippen LogP contribution in [0, 0.1) is 0 Å². The van der Waals surface area contributed by atoms with Crippen molar-refractivity contribution >= 4 is 17.5 Å². The Morgan fingerprint density at radius 3 is 2.57 bits per heavy atom. The zero-order valence-corrected chi connectivity index (χ0v) is 12.5. The molecular formula is C17H18ClNO2. The molecule has 0 aromatic heterocycles. The van der Waals surface area contributed by atoms with Crippen LogP contribution in [0.15, 0.2) is 54.6 Å². The van der Waals surface area contributed by atoms with Crippen LogP contribution in [0.3, 0.4) is 0 Å². The normalized spacial score (nSPS) is 10.1. The summed E-state index contributed by atoms with van der Waals surface area (Å²) in [6.07, 6.45) is 0.337. The maximum Gasteiger partial charge on any atom is 0.223 e. The molecule has 0 saturated carbocycles. The van der Waals surface area contributed by atoms with Crippen LogP contribution >= 0.6 is 11.6 Å². The topological polar surface area (TPSA) is 38.3 Å². The molecule has 110 valence electrons. The largest absolute Gasteiger partial charge is 0.493 e. The maximum absolute atomic E-state index is 11.7. The van der Waals surface area contributed by atoms with Gasteiger partial charge < -0.3 is 10.1 Å². The van der Waals surface area contributed by atoms with Crippen molar-refractivity contribution in [1.82, 2.24) is 5.32 Å². The summed E-state index contributed by atoms with van der Waals surface area (Å²) in [6, 6.07) is 17.3. The SMILES string of the molecule is O=C(CCOc1ccccc1)NCc1cccc(CCl)c1. The second-order valence-corrected chi connectivity index (χ2v) is 4.91. The van der Waals surface area contributed by atoms with E-state index in [4.69, 9.17) is 16.3 Å². The minimum atomic E-state index is -0.0257. The molecule has 3 nitrogen and oxygen atoms in total. The number of nitrogens with one attached hydrogen (secondary N) is 1. The molecule has 1 amide bonds. The van der Waals surface area contributed by atoms with Gasteiger partial charge in [0.1, 0.15) is 5.75 Å². The fourth-order valence-electron chi connectivity index (χ4n) is 1.89. The fourth-order valence-corrected chi connectivity index (χ4v) is 2.06. The van der Waals surface area contributed by atoms with E-state index in [9.17, 15) is 4.79 Å². The Hall–Kier alpha value is -2.00. The predicted molar refractivity (Wildman–Crippen MR) is 84.4 cm³/mol. The van der Waals surface area contributed by atoms with E-state index in [-0.39, 0.29) is 5.91 Å². The molecule has 0 spiro atoms. The lowest BCUT2D eigenvalue weighted by Gasteiger charge is -2.08. The van der Waals surface area contributed by atoms with Gasteiger partial charge >= 0.3 is 0 Å². The first-order valence-corrected chi connectivity index (χ1v) is 7.39. The van der Waals surface area contributed by atoms with Crippen molar-refractivity contribution in [3.05, 3.63) is 65.7 Å². The molecule has 0 aliphatic carbocycles. The molecule has 0 unspecified atom stereocenters. The van der Waals surface area contributed by atoms with Gasteiger partial charge in [-0.3, -0.25) is 4.79 Å². The van der Waals surface area contributed by atoms with Gasteiger partial charge in [-0.05, 0) is 23.3 Å². The van der Waals surface area contributed by atoms with Gasteiger partial charge in [-0.2, -0.15) is 0 Å². The highest BCUT2D eigenvalue weighted by Gasteiger charge is 2.02. The molecule has 0 bridgehead atoms. The third-order valence-electron chi connectivity index (χ3n) is 2.98. The first-order valence-electron chi connectivity index (χ1n) is 6.86. The number of benzene rings is 2. The summed E-state index contributed by atoms with van der Waals surface area (Å²) in [5, 5.41) is 2.87. The predicted octanol–water partition coefficient (Wildman–Crippen LogP) is 3.51. The highest BCUT2D eigenvalue weighted by molar-refractivity contribution is 6.17. The van der Waals surface area contributed by atoms with Gasteiger partial charge in [-0.25, -0.2) is 0 Å². The number of halogens is 1. The van der Waals surface area contributed by atoms with Gasteiger partial charge in [0, 0.05) is 12.4 Å². The Bertz CT molecular complexity index is 572. The van der Waals surface area contributed by atoms with Gasteiger partial charge in [0.2, 0.25) is 5.91 Å². The third kappa shape index (κ3) is 5.48. The lowest BCUT2D eigenvalue weighted by Crippen LogP contribution is -2.24. The van der Waals surface area contributed by atoms with Crippen LogP contribution in [-0.4, -0.2) is 12.5 Å². The van der Waals surface area contributed by atoms with E-state index in [1.165, 1.54) is 0 Å². The molecular weight excluding hydrogens is 286 g/mol. The second kappa shape index (κ2) is 8.32. The first kappa shape index (κ1) is 15.4. The average molecular weight is 304 g/mol. The molecule has 4 heteroatoms. The van der Waals surface area contributed by atoms with Gasteiger partial charge in [-0.1, -0.05) is 42.5 Å². The van der Waals surface area contributed by atoms with Crippen LogP contribution in [0.4, 0.5) is 0 Å². The molecule has 2 aromatic carbocycles. The van der Waals surface area contributed by atoms with Crippen LogP contribution in [-0.2, 0) is 17.2 Å². The smallest absolute Gasteiger partial charge is 0.223 e. The Morgan fingerprint density at radius 2 is 1.81 bits per heavy atom. The minimum Gasteiger partial charge on any atom is -0.493 e. The molecule has 0 radical (unpaired) electrons. The van der Waals surface area contributed by atoms with E-state index in [1.54, 1.807) is 0 Å². The van der Waals surface area contributed by atoms with Crippen LogP contribution in [0.25, 0.3) is 0 Å². The summed E-state index contributed by atoms with van der Waals surface area (Å²) >= 11 is 5.78. The summed E-state index contributed by atoms with van der Waals surface area (Å²) in [5.74, 6) is 1.23. The lowest BCUT2D eigenvalue weighted by molar-refractivity contribution is -0.121. The number of ether oxygens (including phenoxy) is 1. The highest BCUT2D eigenvalue weighted by Crippen LogP contribution is 2.09. The molecule has 0 aliphatic heterocycles. The standard InChI is InChI=1S/C17H18ClNO2/c18-12-14-5-4-6-15(11-14)13-19-17(20)9-10-21-16-7-2-1-3-8-16/h1-8,11H,9-10,12-13H2,(H,19,20). The van der Waals surface area contributed by atoms with Crippen LogP contribution in [0.5, 0.6) is 5.75 Å². The monoisotopic (exact) mass is 303 g/mol. The fraction of sp³-hybridized carbons (Fsp3) is 0.235. The molecule has 21 heavy (non-hydrogen) atoms. The number of amides is 1. The van der Waals surface area contributed by atoms with E-state index in [0.29, 0.717) is 25.5 Å². The Labute approximate surface area is 129 Å². The first-order chi connectivity index (χ1) is 10.3. The molecule has 0 fully saturated rings. The molecule has 2 aromatic rings. The number of carbonyl (C=O) groups is 1. The van der Waals surface area contributed by atoms with Crippen molar-refractivity contribution in [2.24, 2.45) is 0 Å². The van der Waals surface area contributed by atoms with E-state index >= 15 is 0 Å². The van der Waals surface area contributed by atoms with Crippen molar-refractivity contribution in [2.45, 2.75) is 18.8 Å². The highest BCUT2D eigenvalue weighted by atomic mass is 35.5. The summed E-state index contributed by atoms with van der Waals surface area (Å²) in [4.78, 5) is 11.7. The number of hydrogen-bond donors (Lipinski definition) is 1. The molecule has 2 rings (SSSR count). The molecule has 0 aliphatic rings. The maximum atomic E-state index is 11.7. The average Bonchev–Trinajstić information content (AvgIpc) is 2.54. The number of alkyl halides is 1. The number of carbonyl (C=O) groups excluding carboxylic acids is 1. The quantitative estimate of drug-likeness (QED) is 0.795. The van der Waals surface area contributed by atoms with Crippen LogP contribution in [0.2, 0.25) is 0 Å². The Morgan fingerprint density at radius 1 is 1.05 bits per heavy atom. The van der Waals surface area contributed by atoms with E-state index in [1.807, 2.05) is 54.6 Å². The number of hydrogen-bond acceptors (Lipinski definition) is 2. The summed E-state index contributed by atoms with van der Waals surface area (Å²) < 4.78 is 5.49. The van der Waals surface area contributed by atoms with Crippen molar-refractivity contribution in [2.75, 3.05) is 6.61 Å². The van der Waals surface area contributed by atoms with Crippen molar-refractivity contribution in [1.29, 1.82) is 0 Å². The van der Waals surface area contributed by atoms with Crippen molar-refractivity contribution in [3.8, 4) is 5.75 Å².